The highest BCUT2D eigenvalue weighted by Gasteiger charge is 2.35. The van der Waals surface area contributed by atoms with Crippen molar-refractivity contribution in [2.45, 2.75) is 32.7 Å². The molecule has 1 fully saturated rings. The fraction of sp³-hybridized carbons (Fsp3) is 0.611. The van der Waals surface area contributed by atoms with Crippen LogP contribution in [-0.2, 0) is 0 Å². The van der Waals surface area contributed by atoms with E-state index >= 15 is 0 Å². The Kier molecular flexibility index (Phi) is 5.17. The molecule has 0 bridgehead atoms. The van der Waals surface area contributed by atoms with Crippen molar-refractivity contribution in [3.8, 4) is 0 Å². The highest BCUT2D eigenvalue weighted by molar-refractivity contribution is 6.00. The van der Waals surface area contributed by atoms with Gasteiger partial charge in [0.1, 0.15) is 0 Å². The Morgan fingerprint density at radius 2 is 1.95 bits per heavy atom. The molecule has 116 valence electrons. The van der Waals surface area contributed by atoms with Gasteiger partial charge in [0.05, 0.1) is 0 Å². The van der Waals surface area contributed by atoms with E-state index in [9.17, 15) is 4.79 Å². The van der Waals surface area contributed by atoms with Crippen LogP contribution in [0.3, 0.4) is 0 Å². The number of nitrogens with zero attached hydrogens (tertiary/aromatic N) is 2. The Hall–Kier alpha value is -1.19. The molecule has 1 unspecified atom stereocenters. The van der Waals surface area contributed by atoms with Crippen molar-refractivity contribution in [3.63, 3.8) is 0 Å². The molecule has 0 N–H and O–H groups in total. The van der Waals surface area contributed by atoms with E-state index in [4.69, 9.17) is 0 Å². The molecule has 1 aliphatic heterocycles. The fourth-order valence-electron chi connectivity index (χ4n) is 3.29. The van der Waals surface area contributed by atoms with Crippen molar-refractivity contribution < 1.29 is 4.79 Å². The predicted octanol–water partition coefficient (Wildman–Crippen LogP) is 2.92. The lowest BCUT2D eigenvalue weighted by Crippen LogP contribution is -2.44. The van der Waals surface area contributed by atoms with Gasteiger partial charge >= 0.3 is 0 Å². The van der Waals surface area contributed by atoms with Gasteiger partial charge in [-0.05, 0) is 33.5 Å². The number of hydrogen-bond donors (Lipinski definition) is 0. The molecule has 2 rings (SSSR count). The molecule has 0 spiro atoms. The van der Waals surface area contributed by atoms with Gasteiger partial charge in [0.2, 0.25) is 0 Å². The smallest absolute Gasteiger partial charge is 0.169 e. The average molecular weight is 288 g/mol. The standard InChI is InChI=1S/C18H28N2O/c1-18(2,17(21)15-9-6-5-7-10-15)14-20-12-8-11-16(20)13-19(3)4/h5-7,9-10,16H,8,11-14H2,1-4H3. The van der Waals surface area contributed by atoms with Crippen molar-refractivity contribution in [1.82, 2.24) is 9.80 Å². The normalized spacial score (nSPS) is 20.1. The summed E-state index contributed by atoms with van der Waals surface area (Å²) in [7, 11) is 4.24. The minimum absolute atomic E-state index is 0.249. The van der Waals surface area contributed by atoms with Crippen LogP contribution in [0, 0.1) is 5.41 Å². The van der Waals surface area contributed by atoms with E-state index in [1.54, 1.807) is 0 Å². The zero-order chi connectivity index (χ0) is 15.5. The molecule has 0 radical (unpaired) electrons. The van der Waals surface area contributed by atoms with Crippen LogP contribution < -0.4 is 0 Å². The summed E-state index contributed by atoms with van der Waals surface area (Å²) in [6.07, 6.45) is 2.49. The first-order chi connectivity index (χ1) is 9.90. The molecule has 1 saturated heterocycles. The Balaban J connectivity index is 2.04. The van der Waals surface area contributed by atoms with Gasteiger partial charge < -0.3 is 4.90 Å². The molecule has 1 atom stereocenters. The van der Waals surface area contributed by atoms with Gasteiger partial charge in [-0.15, -0.1) is 0 Å². The summed E-state index contributed by atoms with van der Waals surface area (Å²) in [4.78, 5) is 17.5. The molecule has 3 heteroatoms. The number of likely N-dealkylation sites (tertiary alicyclic amines) is 1. The molecule has 21 heavy (non-hydrogen) atoms. The zero-order valence-corrected chi connectivity index (χ0v) is 13.8. The fourth-order valence-corrected chi connectivity index (χ4v) is 3.29. The van der Waals surface area contributed by atoms with Crippen molar-refractivity contribution >= 4 is 5.78 Å². The summed E-state index contributed by atoms with van der Waals surface area (Å²) in [5.41, 5.74) is 0.488. The predicted molar refractivity (Wildman–Crippen MR) is 87.7 cm³/mol. The van der Waals surface area contributed by atoms with Gasteiger partial charge in [-0.1, -0.05) is 44.2 Å². The van der Waals surface area contributed by atoms with Crippen molar-refractivity contribution in [2.75, 3.05) is 33.7 Å². The number of likely N-dealkylation sites (N-methyl/N-ethyl adjacent to an activating group) is 1. The van der Waals surface area contributed by atoms with Crippen LogP contribution in [0.1, 0.15) is 37.0 Å². The van der Waals surface area contributed by atoms with E-state index in [-0.39, 0.29) is 11.2 Å². The first-order valence-corrected chi connectivity index (χ1v) is 7.89. The van der Waals surface area contributed by atoms with Crippen LogP contribution in [0.5, 0.6) is 0 Å². The number of carbonyl (C=O) groups is 1. The number of rotatable bonds is 6. The quantitative estimate of drug-likeness (QED) is 0.752. The third kappa shape index (κ3) is 4.14. The van der Waals surface area contributed by atoms with Gasteiger partial charge in [0.15, 0.2) is 5.78 Å². The number of Topliss-reactive ketones (excluding diaryl/α,β-unsaturated/α-hetero) is 1. The lowest BCUT2D eigenvalue weighted by atomic mass is 9.83. The maximum absolute atomic E-state index is 12.7. The molecular formula is C18H28N2O. The zero-order valence-electron chi connectivity index (χ0n) is 13.8. The number of ketones is 1. The Morgan fingerprint density at radius 1 is 1.29 bits per heavy atom. The van der Waals surface area contributed by atoms with E-state index in [0.29, 0.717) is 6.04 Å². The largest absolute Gasteiger partial charge is 0.308 e. The number of carbonyl (C=O) groups excluding carboxylic acids is 1. The van der Waals surface area contributed by atoms with E-state index < -0.39 is 0 Å². The highest BCUT2D eigenvalue weighted by atomic mass is 16.1. The van der Waals surface area contributed by atoms with Gasteiger partial charge in [-0.25, -0.2) is 0 Å². The van der Waals surface area contributed by atoms with Crippen LogP contribution in [-0.4, -0.2) is 55.4 Å². The number of benzene rings is 1. The minimum atomic E-state index is -0.337. The summed E-state index contributed by atoms with van der Waals surface area (Å²) in [6.45, 7) is 7.19. The van der Waals surface area contributed by atoms with Crippen LogP contribution in [0.25, 0.3) is 0 Å². The molecule has 0 amide bonds. The molecule has 1 aromatic carbocycles. The maximum atomic E-state index is 12.7. The van der Waals surface area contributed by atoms with Crippen LogP contribution in [0.4, 0.5) is 0 Å². The molecule has 1 heterocycles. The Bertz CT molecular complexity index is 467. The molecule has 1 aliphatic rings. The first-order valence-electron chi connectivity index (χ1n) is 7.89. The molecular weight excluding hydrogens is 260 g/mol. The second kappa shape index (κ2) is 6.71. The van der Waals surface area contributed by atoms with E-state index in [1.807, 2.05) is 30.3 Å². The molecule has 0 aliphatic carbocycles. The van der Waals surface area contributed by atoms with Crippen molar-refractivity contribution in [1.29, 1.82) is 0 Å². The third-order valence-corrected chi connectivity index (χ3v) is 4.32. The summed E-state index contributed by atoms with van der Waals surface area (Å²) in [6, 6.07) is 10.3. The SMILES string of the molecule is CN(C)CC1CCCN1CC(C)(C)C(=O)c1ccccc1. The highest BCUT2D eigenvalue weighted by Crippen LogP contribution is 2.28. The molecule has 1 aromatic rings. The molecule has 0 aromatic heterocycles. The first kappa shape index (κ1) is 16.2. The van der Waals surface area contributed by atoms with E-state index in [1.165, 1.54) is 12.8 Å². The van der Waals surface area contributed by atoms with Crippen LogP contribution >= 0.6 is 0 Å². The topological polar surface area (TPSA) is 23.6 Å². The van der Waals surface area contributed by atoms with E-state index in [2.05, 4.69) is 37.7 Å². The van der Waals surface area contributed by atoms with Gasteiger partial charge in [0.25, 0.3) is 0 Å². The third-order valence-electron chi connectivity index (χ3n) is 4.32. The van der Waals surface area contributed by atoms with Crippen molar-refractivity contribution in [2.24, 2.45) is 5.41 Å². The Morgan fingerprint density at radius 3 is 2.57 bits per heavy atom. The summed E-state index contributed by atoms with van der Waals surface area (Å²) in [5, 5.41) is 0. The lowest BCUT2D eigenvalue weighted by molar-refractivity contribution is 0.0739. The van der Waals surface area contributed by atoms with E-state index in [0.717, 1.165) is 25.2 Å². The molecule has 3 nitrogen and oxygen atoms in total. The summed E-state index contributed by atoms with van der Waals surface area (Å²) in [5.74, 6) is 0.249. The Labute approximate surface area is 128 Å². The second-order valence-electron chi connectivity index (χ2n) is 7.11. The van der Waals surface area contributed by atoms with Crippen LogP contribution in [0.15, 0.2) is 30.3 Å². The van der Waals surface area contributed by atoms with Gasteiger partial charge in [0, 0.05) is 30.1 Å². The average Bonchev–Trinajstić information content (AvgIpc) is 2.84. The molecule has 0 saturated carbocycles. The second-order valence-corrected chi connectivity index (χ2v) is 7.11. The number of hydrogen-bond acceptors (Lipinski definition) is 3. The van der Waals surface area contributed by atoms with Crippen LogP contribution in [0.2, 0.25) is 0 Å². The maximum Gasteiger partial charge on any atom is 0.169 e. The minimum Gasteiger partial charge on any atom is -0.308 e. The van der Waals surface area contributed by atoms with Gasteiger partial charge in [-0.3, -0.25) is 9.69 Å². The summed E-state index contributed by atoms with van der Waals surface area (Å²) < 4.78 is 0. The lowest BCUT2D eigenvalue weighted by Gasteiger charge is -2.34. The van der Waals surface area contributed by atoms with Gasteiger partial charge in [-0.2, -0.15) is 0 Å². The monoisotopic (exact) mass is 288 g/mol. The van der Waals surface area contributed by atoms with Crippen molar-refractivity contribution in [3.05, 3.63) is 35.9 Å². The summed E-state index contributed by atoms with van der Waals surface area (Å²) >= 11 is 0.